The lowest BCUT2D eigenvalue weighted by Crippen LogP contribution is -2.21. The number of rotatable bonds is 6. The molecule has 2 aromatic rings. The molecule has 0 spiro atoms. The van der Waals surface area contributed by atoms with Crippen molar-refractivity contribution in [2.24, 2.45) is 5.73 Å². The van der Waals surface area contributed by atoms with Crippen LogP contribution in [0.15, 0.2) is 35.7 Å². The van der Waals surface area contributed by atoms with Gasteiger partial charge in [0.25, 0.3) is 11.8 Å². The van der Waals surface area contributed by atoms with Crippen LogP contribution in [0.5, 0.6) is 11.5 Å². The first-order valence-electron chi connectivity index (χ1n) is 6.04. The first kappa shape index (κ1) is 14.9. The molecule has 1 aromatic heterocycles. The van der Waals surface area contributed by atoms with E-state index >= 15 is 0 Å². The topological polar surface area (TPSA) is 90.7 Å². The number of hydrogen-bond acceptors (Lipinski definition) is 5. The Bertz CT molecular complexity index is 654. The summed E-state index contributed by atoms with van der Waals surface area (Å²) in [6.07, 6.45) is 0. The van der Waals surface area contributed by atoms with Gasteiger partial charge in [-0.3, -0.25) is 9.59 Å². The van der Waals surface area contributed by atoms with E-state index in [2.05, 4.69) is 5.32 Å². The maximum absolute atomic E-state index is 11.8. The Hall–Kier alpha value is -2.54. The summed E-state index contributed by atoms with van der Waals surface area (Å²) in [5, 5.41) is 4.69. The summed E-state index contributed by atoms with van der Waals surface area (Å²) in [4.78, 5) is 22.9. The maximum Gasteiger partial charge on any atom is 0.262 e. The third-order valence-corrected chi connectivity index (χ3v) is 3.42. The summed E-state index contributed by atoms with van der Waals surface area (Å²) in [5.41, 5.74) is 5.49. The number of amides is 2. The Labute approximate surface area is 125 Å². The predicted molar refractivity (Wildman–Crippen MR) is 80.0 cm³/mol. The van der Waals surface area contributed by atoms with Gasteiger partial charge in [-0.2, -0.15) is 0 Å². The van der Waals surface area contributed by atoms with Gasteiger partial charge in [0.1, 0.15) is 16.5 Å². The lowest BCUT2D eigenvalue weighted by Gasteiger charge is -2.08. The lowest BCUT2D eigenvalue weighted by molar-refractivity contribution is -0.118. The summed E-state index contributed by atoms with van der Waals surface area (Å²) in [5.74, 6) is 0.205. The highest BCUT2D eigenvalue weighted by Gasteiger charge is 2.12. The number of methoxy groups -OCH3 is 1. The van der Waals surface area contributed by atoms with E-state index < -0.39 is 5.91 Å². The fraction of sp³-hybridized carbons (Fsp3) is 0.143. The number of ether oxygens (including phenoxy) is 2. The molecule has 0 unspecified atom stereocenters. The summed E-state index contributed by atoms with van der Waals surface area (Å²) in [6.45, 7) is -0.177. The fourth-order valence-corrected chi connectivity index (χ4v) is 2.41. The van der Waals surface area contributed by atoms with Gasteiger partial charge < -0.3 is 20.5 Å². The SMILES string of the molecule is COc1cccc(OCC(=O)Nc2sccc2C(N)=O)c1. The number of carbonyl (C=O) groups excluding carboxylic acids is 2. The van der Waals surface area contributed by atoms with Gasteiger partial charge in [0.15, 0.2) is 6.61 Å². The van der Waals surface area contributed by atoms with Crippen molar-refractivity contribution in [1.82, 2.24) is 0 Å². The number of thiophene rings is 1. The van der Waals surface area contributed by atoms with Crippen LogP contribution in [0.3, 0.4) is 0 Å². The molecule has 1 heterocycles. The molecule has 0 saturated heterocycles. The van der Waals surface area contributed by atoms with E-state index in [1.807, 2.05) is 0 Å². The van der Waals surface area contributed by atoms with Crippen molar-refractivity contribution in [2.45, 2.75) is 0 Å². The second-order valence-electron chi connectivity index (χ2n) is 4.04. The van der Waals surface area contributed by atoms with Gasteiger partial charge in [-0.25, -0.2) is 0 Å². The number of primary amides is 1. The van der Waals surface area contributed by atoms with Crippen LogP contribution < -0.4 is 20.5 Å². The van der Waals surface area contributed by atoms with Crippen LogP contribution in [-0.4, -0.2) is 25.5 Å². The third kappa shape index (κ3) is 3.96. The second kappa shape index (κ2) is 6.76. The minimum Gasteiger partial charge on any atom is -0.497 e. The number of nitrogens with one attached hydrogen (secondary N) is 1. The Morgan fingerprint density at radius 2 is 2.05 bits per heavy atom. The van der Waals surface area contributed by atoms with Crippen LogP contribution in [0.2, 0.25) is 0 Å². The van der Waals surface area contributed by atoms with Crippen molar-refractivity contribution in [3.05, 3.63) is 41.3 Å². The molecule has 0 aliphatic rings. The van der Waals surface area contributed by atoms with E-state index in [-0.39, 0.29) is 18.1 Å². The van der Waals surface area contributed by atoms with E-state index in [1.165, 1.54) is 11.3 Å². The van der Waals surface area contributed by atoms with Crippen LogP contribution in [0.4, 0.5) is 5.00 Å². The number of hydrogen-bond donors (Lipinski definition) is 2. The molecule has 0 fully saturated rings. The summed E-state index contributed by atoms with van der Waals surface area (Å²) >= 11 is 1.23. The average molecular weight is 306 g/mol. The molecular formula is C14H14N2O4S. The Morgan fingerprint density at radius 1 is 1.29 bits per heavy atom. The quantitative estimate of drug-likeness (QED) is 0.852. The van der Waals surface area contributed by atoms with E-state index in [0.29, 0.717) is 16.5 Å². The molecule has 110 valence electrons. The van der Waals surface area contributed by atoms with Crippen LogP contribution in [0.25, 0.3) is 0 Å². The molecule has 0 bridgehead atoms. The van der Waals surface area contributed by atoms with Crippen molar-refractivity contribution >= 4 is 28.2 Å². The molecule has 2 amide bonds. The molecule has 0 aliphatic heterocycles. The lowest BCUT2D eigenvalue weighted by atomic mass is 10.3. The van der Waals surface area contributed by atoms with E-state index in [4.69, 9.17) is 15.2 Å². The van der Waals surface area contributed by atoms with Gasteiger partial charge in [0, 0.05) is 6.07 Å². The van der Waals surface area contributed by atoms with Gasteiger partial charge >= 0.3 is 0 Å². The molecule has 21 heavy (non-hydrogen) atoms. The Morgan fingerprint density at radius 3 is 2.76 bits per heavy atom. The average Bonchev–Trinajstić information content (AvgIpc) is 2.93. The second-order valence-corrected chi connectivity index (χ2v) is 4.96. The van der Waals surface area contributed by atoms with Crippen molar-refractivity contribution in [1.29, 1.82) is 0 Å². The largest absolute Gasteiger partial charge is 0.497 e. The predicted octanol–water partition coefficient (Wildman–Crippen LogP) is 1.87. The standard InChI is InChI=1S/C14H14N2O4S/c1-19-9-3-2-4-10(7-9)20-8-12(17)16-14-11(13(15)18)5-6-21-14/h2-7H,8H2,1H3,(H2,15,18)(H,16,17). The maximum atomic E-state index is 11.8. The van der Waals surface area contributed by atoms with Crippen LogP contribution >= 0.6 is 11.3 Å². The third-order valence-electron chi connectivity index (χ3n) is 2.59. The number of nitrogens with two attached hydrogens (primary N) is 1. The Kier molecular flexibility index (Phi) is 4.78. The first-order chi connectivity index (χ1) is 10.1. The van der Waals surface area contributed by atoms with E-state index in [0.717, 1.165) is 0 Å². The summed E-state index contributed by atoms with van der Waals surface area (Å²) < 4.78 is 10.4. The molecule has 0 atom stereocenters. The van der Waals surface area contributed by atoms with Crippen molar-refractivity contribution in [3.63, 3.8) is 0 Å². The highest BCUT2D eigenvalue weighted by molar-refractivity contribution is 7.14. The van der Waals surface area contributed by atoms with Crippen molar-refractivity contribution in [2.75, 3.05) is 19.0 Å². The van der Waals surface area contributed by atoms with Gasteiger partial charge in [-0.15, -0.1) is 11.3 Å². The molecule has 6 nitrogen and oxygen atoms in total. The zero-order valence-electron chi connectivity index (χ0n) is 11.3. The minimum atomic E-state index is -0.583. The molecule has 7 heteroatoms. The van der Waals surface area contributed by atoms with Crippen LogP contribution in [0.1, 0.15) is 10.4 Å². The van der Waals surface area contributed by atoms with Crippen LogP contribution in [0, 0.1) is 0 Å². The molecular weight excluding hydrogens is 292 g/mol. The molecule has 0 radical (unpaired) electrons. The van der Waals surface area contributed by atoms with Gasteiger partial charge in [0.05, 0.1) is 12.7 Å². The van der Waals surface area contributed by atoms with E-state index in [1.54, 1.807) is 42.8 Å². The Balaban J connectivity index is 1.93. The summed E-state index contributed by atoms with van der Waals surface area (Å²) in [6, 6.07) is 8.49. The monoisotopic (exact) mass is 306 g/mol. The molecule has 0 saturated carbocycles. The fourth-order valence-electron chi connectivity index (χ4n) is 1.60. The zero-order chi connectivity index (χ0) is 15.2. The van der Waals surface area contributed by atoms with Gasteiger partial charge in [0.2, 0.25) is 0 Å². The zero-order valence-corrected chi connectivity index (χ0v) is 12.1. The number of carbonyl (C=O) groups is 2. The summed E-state index contributed by atoms with van der Waals surface area (Å²) in [7, 11) is 1.55. The number of benzene rings is 1. The highest BCUT2D eigenvalue weighted by atomic mass is 32.1. The highest BCUT2D eigenvalue weighted by Crippen LogP contribution is 2.23. The molecule has 1 aromatic carbocycles. The molecule has 0 aliphatic carbocycles. The van der Waals surface area contributed by atoms with Crippen molar-refractivity contribution in [3.8, 4) is 11.5 Å². The van der Waals surface area contributed by atoms with Gasteiger partial charge in [-0.05, 0) is 23.6 Å². The smallest absolute Gasteiger partial charge is 0.262 e. The number of anilines is 1. The first-order valence-corrected chi connectivity index (χ1v) is 6.92. The van der Waals surface area contributed by atoms with Crippen LogP contribution in [-0.2, 0) is 4.79 Å². The normalized spacial score (nSPS) is 9.95. The van der Waals surface area contributed by atoms with Gasteiger partial charge in [-0.1, -0.05) is 6.07 Å². The molecule has 3 N–H and O–H groups in total. The minimum absolute atomic E-state index is 0.177. The van der Waals surface area contributed by atoms with E-state index in [9.17, 15) is 9.59 Å². The molecule has 2 rings (SSSR count). The van der Waals surface area contributed by atoms with Crippen molar-refractivity contribution < 1.29 is 19.1 Å².